The highest BCUT2D eigenvalue weighted by Gasteiger charge is 2.08. The summed E-state index contributed by atoms with van der Waals surface area (Å²) in [6.07, 6.45) is 0. The first-order valence-electron chi connectivity index (χ1n) is 8.76. The van der Waals surface area contributed by atoms with E-state index in [0.717, 1.165) is 33.3 Å². The SMILES string of the molecule is Cc1cc2oc(-c3ccc(Cl)cc3)c/c(=N\Nc3ccccc3)c2cc1C. The summed E-state index contributed by atoms with van der Waals surface area (Å²) in [5.74, 6) is 0.746. The van der Waals surface area contributed by atoms with Gasteiger partial charge in [0.1, 0.15) is 11.3 Å². The van der Waals surface area contributed by atoms with Gasteiger partial charge >= 0.3 is 0 Å². The van der Waals surface area contributed by atoms with E-state index >= 15 is 0 Å². The standard InChI is InChI=1S/C23H19ClN2O/c1-15-12-20-21(26-25-19-6-4-3-5-7-19)14-22(27-23(20)13-16(15)2)17-8-10-18(24)11-9-17/h3-14,25H,1-2H3/b26-21+. The number of hydrogen-bond donors (Lipinski definition) is 1. The quantitative estimate of drug-likeness (QED) is 0.427. The fraction of sp³-hybridized carbons (Fsp3) is 0.0870. The normalized spacial score (nSPS) is 11.7. The molecule has 0 saturated carbocycles. The number of benzene rings is 3. The van der Waals surface area contributed by atoms with Crippen LogP contribution in [0.1, 0.15) is 11.1 Å². The van der Waals surface area contributed by atoms with Crippen LogP contribution in [0.25, 0.3) is 22.3 Å². The number of para-hydroxylation sites is 1. The van der Waals surface area contributed by atoms with Crippen molar-refractivity contribution in [1.29, 1.82) is 0 Å². The molecule has 1 heterocycles. The van der Waals surface area contributed by atoms with Crippen LogP contribution in [0, 0.1) is 13.8 Å². The van der Waals surface area contributed by atoms with Crippen molar-refractivity contribution in [2.75, 3.05) is 5.43 Å². The molecule has 3 nitrogen and oxygen atoms in total. The lowest BCUT2D eigenvalue weighted by Gasteiger charge is -2.08. The van der Waals surface area contributed by atoms with Gasteiger partial charge in [0.2, 0.25) is 0 Å². The summed E-state index contributed by atoms with van der Waals surface area (Å²) in [7, 11) is 0. The summed E-state index contributed by atoms with van der Waals surface area (Å²) in [5, 5.41) is 7.14. The van der Waals surface area contributed by atoms with Crippen LogP contribution < -0.4 is 10.8 Å². The highest BCUT2D eigenvalue weighted by molar-refractivity contribution is 6.30. The zero-order valence-electron chi connectivity index (χ0n) is 15.2. The molecule has 0 saturated heterocycles. The van der Waals surface area contributed by atoms with Crippen LogP contribution in [0.15, 0.2) is 82.3 Å². The lowest BCUT2D eigenvalue weighted by molar-refractivity contribution is 0.618. The average Bonchev–Trinajstić information content (AvgIpc) is 2.68. The number of aryl methyl sites for hydroxylation is 2. The van der Waals surface area contributed by atoms with Crippen molar-refractivity contribution in [3.05, 3.63) is 94.3 Å². The second kappa shape index (κ2) is 7.29. The first kappa shape index (κ1) is 17.4. The minimum Gasteiger partial charge on any atom is -0.456 e. The van der Waals surface area contributed by atoms with E-state index < -0.39 is 0 Å². The minimum absolute atomic E-state index is 0.696. The molecule has 0 aliphatic carbocycles. The molecule has 0 unspecified atom stereocenters. The monoisotopic (exact) mass is 374 g/mol. The van der Waals surface area contributed by atoms with Gasteiger partial charge in [0.05, 0.1) is 11.0 Å². The molecule has 0 amide bonds. The third-order valence-electron chi connectivity index (χ3n) is 4.57. The number of nitrogens with one attached hydrogen (secondary N) is 1. The highest BCUT2D eigenvalue weighted by atomic mass is 35.5. The minimum atomic E-state index is 0.696. The molecule has 4 aromatic rings. The first-order valence-corrected chi connectivity index (χ1v) is 9.14. The maximum atomic E-state index is 6.19. The number of rotatable bonds is 3. The van der Waals surface area contributed by atoms with E-state index in [1.165, 1.54) is 11.1 Å². The lowest BCUT2D eigenvalue weighted by Crippen LogP contribution is -2.08. The van der Waals surface area contributed by atoms with Crippen LogP contribution in [0.3, 0.4) is 0 Å². The number of hydrogen-bond acceptors (Lipinski definition) is 3. The van der Waals surface area contributed by atoms with Crippen molar-refractivity contribution in [2.45, 2.75) is 13.8 Å². The predicted molar refractivity (Wildman–Crippen MR) is 112 cm³/mol. The molecule has 0 fully saturated rings. The van der Waals surface area contributed by atoms with Crippen LogP contribution in [0.5, 0.6) is 0 Å². The van der Waals surface area contributed by atoms with Gasteiger partial charge in [-0.3, -0.25) is 5.43 Å². The maximum Gasteiger partial charge on any atom is 0.137 e. The van der Waals surface area contributed by atoms with Gasteiger partial charge in [0.25, 0.3) is 0 Å². The Labute approximate surface area is 162 Å². The number of anilines is 1. The molecular weight excluding hydrogens is 356 g/mol. The fourth-order valence-electron chi connectivity index (χ4n) is 2.91. The van der Waals surface area contributed by atoms with Crippen LogP contribution in [0.4, 0.5) is 5.69 Å². The summed E-state index contributed by atoms with van der Waals surface area (Å²) < 4.78 is 6.19. The van der Waals surface area contributed by atoms with E-state index in [1.807, 2.05) is 60.7 Å². The van der Waals surface area contributed by atoms with Crippen LogP contribution in [-0.4, -0.2) is 0 Å². The van der Waals surface area contributed by atoms with E-state index in [-0.39, 0.29) is 0 Å². The largest absolute Gasteiger partial charge is 0.456 e. The van der Waals surface area contributed by atoms with E-state index in [9.17, 15) is 0 Å². The van der Waals surface area contributed by atoms with Crippen LogP contribution in [-0.2, 0) is 0 Å². The third-order valence-corrected chi connectivity index (χ3v) is 4.82. The van der Waals surface area contributed by atoms with Gasteiger partial charge in [-0.1, -0.05) is 29.8 Å². The molecule has 3 aromatic carbocycles. The van der Waals surface area contributed by atoms with Crippen molar-refractivity contribution in [2.24, 2.45) is 5.10 Å². The molecule has 0 bridgehead atoms. The Hall–Kier alpha value is -3.04. The molecule has 4 rings (SSSR count). The molecule has 4 heteroatoms. The molecule has 0 aliphatic heterocycles. The lowest BCUT2D eigenvalue weighted by atomic mass is 10.1. The Morgan fingerprint density at radius 1 is 0.852 bits per heavy atom. The molecule has 0 spiro atoms. The number of halogens is 1. The van der Waals surface area contributed by atoms with Gasteiger partial charge in [0, 0.05) is 22.0 Å². The van der Waals surface area contributed by atoms with Crippen molar-refractivity contribution >= 4 is 28.3 Å². The van der Waals surface area contributed by atoms with Gasteiger partial charge in [-0.15, -0.1) is 0 Å². The van der Waals surface area contributed by atoms with Gasteiger partial charge in [-0.2, -0.15) is 5.10 Å². The van der Waals surface area contributed by atoms with Crippen molar-refractivity contribution in [3.63, 3.8) is 0 Å². The van der Waals surface area contributed by atoms with E-state index in [2.05, 4.69) is 36.5 Å². The zero-order valence-corrected chi connectivity index (χ0v) is 15.9. The third kappa shape index (κ3) is 3.74. The van der Waals surface area contributed by atoms with Crippen molar-refractivity contribution in [1.82, 2.24) is 0 Å². The highest BCUT2D eigenvalue weighted by Crippen LogP contribution is 2.25. The summed E-state index contributed by atoms with van der Waals surface area (Å²) in [4.78, 5) is 0. The Morgan fingerprint density at radius 2 is 1.56 bits per heavy atom. The van der Waals surface area contributed by atoms with Gasteiger partial charge < -0.3 is 4.42 Å². The smallest absolute Gasteiger partial charge is 0.137 e. The molecule has 0 atom stereocenters. The van der Waals surface area contributed by atoms with Crippen molar-refractivity contribution < 1.29 is 4.42 Å². The molecule has 0 aliphatic rings. The molecule has 1 aromatic heterocycles. The summed E-state index contributed by atoms with van der Waals surface area (Å²) in [6, 6.07) is 23.6. The molecule has 1 N–H and O–H groups in total. The maximum absolute atomic E-state index is 6.19. The molecule has 0 radical (unpaired) electrons. The summed E-state index contributed by atoms with van der Waals surface area (Å²) >= 11 is 6.02. The topological polar surface area (TPSA) is 37.5 Å². The first-order chi connectivity index (χ1) is 13.1. The Kier molecular flexibility index (Phi) is 4.69. The predicted octanol–water partition coefficient (Wildman–Crippen LogP) is 6.30. The van der Waals surface area contributed by atoms with Crippen molar-refractivity contribution in [3.8, 4) is 11.3 Å². The van der Waals surface area contributed by atoms with E-state index in [4.69, 9.17) is 16.0 Å². The van der Waals surface area contributed by atoms with Crippen LogP contribution in [0.2, 0.25) is 5.02 Å². The second-order valence-corrected chi connectivity index (χ2v) is 6.96. The Bertz CT molecular complexity index is 1160. The second-order valence-electron chi connectivity index (χ2n) is 6.53. The summed E-state index contributed by atoms with van der Waals surface area (Å²) in [5.41, 5.74) is 8.21. The van der Waals surface area contributed by atoms with Gasteiger partial charge in [-0.05, 0) is 73.5 Å². The Balaban J connectivity index is 1.91. The summed E-state index contributed by atoms with van der Waals surface area (Å²) in [6.45, 7) is 4.18. The number of nitrogens with zero attached hydrogens (tertiary/aromatic N) is 1. The number of fused-ring (bicyclic) bond motifs is 1. The molecule has 134 valence electrons. The Morgan fingerprint density at radius 3 is 2.30 bits per heavy atom. The van der Waals surface area contributed by atoms with Gasteiger partial charge in [0.15, 0.2) is 0 Å². The molecular formula is C23H19ClN2O. The van der Waals surface area contributed by atoms with Gasteiger partial charge in [-0.25, -0.2) is 0 Å². The van der Waals surface area contributed by atoms with E-state index in [0.29, 0.717) is 5.02 Å². The molecule has 27 heavy (non-hydrogen) atoms. The fourth-order valence-corrected chi connectivity index (χ4v) is 3.04. The van der Waals surface area contributed by atoms with E-state index in [1.54, 1.807) is 0 Å². The zero-order chi connectivity index (χ0) is 18.8. The van der Waals surface area contributed by atoms with Crippen LogP contribution >= 0.6 is 11.6 Å². The average molecular weight is 375 g/mol.